The van der Waals surface area contributed by atoms with Gasteiger partial charge in [-0.1, -0.05) is 27.2 Å². The molecule has 1 aliphatic carbocycles. The van der Waals surface area contributed by atoms with Crippen LogP contribution in [0.5, 0.6) is 0 Å². The Morgan fingerprint density at radius 3 is 1.88 bits per heavy atom. The highest BCUT2D eigenvalue weighted by molar-refractivity contribution is 7.86. The van der Waals surface area contributed by atoms with Crippen LogP contribution in [0, 0.1) is 17.8 Å². The molecular formula is C12H26N2O2S. The van der Waals surface area contributed by atoms with Crippen molar-refractivity contribution in [1.82, 2.24) is 8.61 Å². The van der Waals surface area contributed by atoms with E-state index in [1.54, 1.807) is 18.4 Å². The van der Waals surface area contributed by atoms with E-state index in [0.29, 0.717) is 11.8 Å². The summed E-state index contributed by atoms with van der Waals surface area (Å²) in [6.45, 7) is 7.93. The Balaban J connectivity index is 0.000000437. The third kappa shape index (κ3) is 3.01. The van der Waals surface area contributed by atoms with Crippen LogP contribution in [-0.2, 0) is 10.2 Å². The first kappa shape index (κ1) is 14.9. The Labute approximate surface area is 106 Å². The second kappa shape index (κ2) is 5.67. The normalized spacial score (nSPS) is 32.7. The molecule has 3 aliphatic rings. The van der Waals surface area contributed by atoms with Crippen molar-refractivity contribution < 1.29 is 8.42 Å². The summed E-state index contributed by atoms with van der Waals surface area (Å²) in [6.07, 6.45) is 2.47. The molecule has 0 aromatic heterocycles. The zero-order chi connectivity index (χ0) is 13.2. The summed E-state index contributed by atoms with van der Waals surface area (Å²) in [4.78, 5) is 0. The molecule has 2 saturated heterocycles. The first-order valence-corrected chi connectivity index (χ1v) is 7.91. The van der Waals surface area contributed by atoms with Gasteiger partial charge in [-0.2, -0.15) is 17.0 Å². The lowest BCUT2D eigenvalue weighted by atomic mass is 9.63. The van der Waals surface area contributed by atoms with Crippen molar-refractivity contribution in [3.8, 4) is 0 Å². The highest BCUT2D eigenvalue weighted by Gasteiger charge is 2.47. The van der Waals surface area contributed by atoms with Crippen molar-refractivity contribution in [2.75, 3.05) is 27.2 Å². The van der Waals surface area contributed by atoms with Crippen LogP contribution in [0.3, 0.4) is 0 Å². The van der Waals surface area contributed by atoms with Crippen LogP contribution in [0.2, 0.25) is 0 Å². The Bertz CT molecular complexity index is 328. The molecule has 3 rings (SSSR count). The van der Waals surface area contributed by atoms with Crippen molar-refractivity contribution in [3.63, 3.8) is 0 Å². The van der Waals surface area contributed by atoms with E-state index in [0.717, 1.165) is 19.0 Å². The summed E-state index contributed by atoms with van der Waals surface area (Å²) in [5.41, 5.74) is 0. The van der Waals surface area contributed by atoms with Gasteiger partial charge < -0.3 is 0 Å². The fourth-order valence-corrected chi connectivity index (χ4v) is 3.73. The molecule has 0 aromatic rings. The molecule has 102 valence electrons. The molecule has 0 aromatic carbocycles. The topological polar surface area (TPSA) is 40.6 Å². The maximum atomic E-state index is 11.8. The van der Waals surface area contributed by atoms with Gasteiger partial charge in [0.25, 0.3) is 10.2 Å². The van der Waals surface area contributed by atoms with E-state index in [9.17, 15) is 8.42 Å². The van der Waals surface area contributed by atoms with E-state index in [4.69, 9.17) is 0 Å². The lowest BCUT2D eigenvalue weighted by molar-refractivity contribution is 0.00152. The van der Waals surface area contributed by atoms with E-state index in [2.05, 4.69) is 20.8 Å². The molecule has 0 N–H and O–H groups in total. The van der Waals surface area contributed by atoms with Crippen LogP contribution < -0.4 is 0 Å². The molecule has 2 bridgehead atoms. The third-order valence-electron chi connectivity index (χ3n) is 3.76. The number of fused-ring (bicyclic) bond motifs is 2. The van der Waals surface area contributed by atoms with Crippen LogP contribution in [0.15, 0.2) is 0 Å². The molecule has 0 spiro atoms. The van der Waals surface area contributed by atoms with Crippen LogP contribution in [-0.4, -0.2) is 44.2 Å². The molecule has 3 fully saturated rings. The smallest absolute Gasteiger partial charge is 0.195 e. The molecule has 0 amide bonds. The Morgan fingerprint density at radius 1 is 1.18 bits per heavy atom. The third-order valence-corrected chi connectivity index (χ3v) is 5.63. The van der Waals surface area contributed by atoms with E-state index in [-0.39, 0.29) is 0 Å². The minimum Gasteiger partial charge on any atom is -0.195 e. The van der Waals surface area contributed by atoms with Crippen LogP contribution >= 0.6 is 0 Å². The summed E-state index contributed by atoms with van der Waals surface area (Å²) in [7, 11) is 0.0332. The zero-order valence-electron chi connectivity index (χ0n) is 11.7. The molecule has 2 aliphatic heterocycles. The summed E-state index contributed by atoms with van der Waals surface area (Å²) < 4.78 is 26.6. The SMILES string of the molecule is CC1C2CC1CN(S(=O)(=O)N(C)C)C2.CCC. The van der Waals surface area contributed by atoms with Gasteiger partial charge in [-0.15, -0.1) is 0 Å². The Hall–Kier alpha value is -0.130. The zero-order valence-corrected chi connectivity index (χ0v) is 12.5. The first-order chi connectivity index (χ1) is 7.84. The minimum absolute atomic E-state index is 0.600. The Kier molecular flexibility index (Phi) is 4.98. The number of hydrogen-bond acceptors (Lipinski definition) is 2. The molecule has 4 nitrogen and oxygen atoms in total. The van der Waals surface area contributed by atoms with Crippen molar-refractivity contribution in [2.45, 2.75) is 33.6 Å². The van der Waals surface area contributed by atoms with E-state index in [1.807, 2.05) is 0 Å². The predicted octanol–water partition coefficient (Wildman–Crippen LogP) is 1.80. The Morgan fingerprint density at radius 2 is 1.59 bits per heavy atom. The fourth-order valence-electron chi connectivity index (χ4n) is 2.51. The standard InChI is InChI=1S/C9H18N2O2S.C3H8/c1-7-8-4-9(7)6-11(5-8)14(12,13)10(2)3;1-3-2/h7-9H,4-6H2,1-3H3;3H2,1-2H3. The summed E-state index contributed by atoms with van der Waals surface area (Å²) in [6, 6.07) is 0. The molecule has 2 atom stereocenters. The van der Waals surface area contributed by atoms with E-state index < -0.39 is 10.2 Å². The lowest BCUT2D eigenvalue weighted by Crippen LogP contribution is -2.57. The summed E-state index contributed by atoms with van der Waals surface area (Å²) in [5, 5.41) is 0. The quantitative estimate of drug-likeness (QED) is 0.761. The van der Waals surface area contributed by atoms with Gasteiger partial charge in [-0.25, -0.2) is 0 Å². The lowest BCUT2D eigenvalue weighted by Gasteiger charge is -2.52. The summed E-state index contributed by atoms with van der Waals surface area (Å²) >= 11 is 0. The molecular weight excluding hydrogens is 236 g/mol. The van der Waals surface area contributed by atoms with Crippen molar-refractivity contribution in [2.24, 2.45) is 17.8 Å². The van der Waals surface area contributed by atoms with Crippen molar-refractivity contribution in [3.05, 3.63) is 0 Å². The monoisotopic (exact) mass is 262 g/mol. The number of rotatable bonds is 2. The second-order valence-corrected chi connectivity index (χ2v) is 7.57. The van der Waals surface area contributed by atoms with E-state index in [1.165, 1.54) is 17.1 Å². The van der Waals surface area contributed by atoms with Crippen molar-refractivity contribution >= 4 is 10.2 Å². The second-order valence-electron chi connectivity index (χ2n) is 5.43. The number of piperidine rings is 2. The number of hydrogen-bond donors (Lipinski definition) is 0. The van der Waals surface area contributed by atoms with Gasteiger partial charge in [0.15, 0.2) is 0 Å². The average molecular weight is 262 g/mol. The minimum atomic E-state index is -3.16. The van der Waals surface area contributed by atoms with Gasteiger partial charge in [0.2, 0.25) is 0 Å². The fraction of sp³-hybridized carbons (Fsp3) is 1.00. The number of nitrogens with zero attached hydrogens (tertiary/aromatic N) is 2. The molecule has 5 heteroatoms. The van der Waals surface area contributed by atoms with Gasteiger partial charge in [0.05, 0.1) is 0 Å². The largest absolute Gasteiger partial charge is 0.281 e. The van der Waals surface area contributed by atoms with Crippen molar-refractivity contribution in [1.29, 1.82) is 0 Å². The van der Waals surface area contributed by atoms with E-state index >= 15 is 0 Å². The maximum Gasteiger partial charge on any atom is 0.281 e. The average Bonchev–Trinajstić information content (AvgIpc) is 2.29. The van der Waals surface area contributed by atoms with Gasteiger partial charge >= 0.3 is 0 Å². The van der Waals surface area contributed by atoms with Gasteiger partial charge in [0, 0.05) is 27.2 Å². The van der Waals surface area contributed by atoms with Crippen LogP contribution in [0.25, 0.3) is 0 Å². The highest BCUT2D eigenvalue weighted by atomic mass is 32.2. The predicted molar refractivity (Wildman–Crippen MR) is 70.9 cm³/mol. The molecule has 2 unspecified atom stereocenters. The molecule has 1 saturated carbocycles. The van der Waals surface area contributed by atoms with Gasteiger partial charge in [0.1, 0.15) is 0 Å². The van der Waals surface area contributed by atoms with Crippen LogP contribution in [0.4, 0.5) is 0 Å². The maximum absolute atomic E-state index is 11.8. The summed E-state index contributed by atoms with van der Waals surface area (Å²) in [5.74, 6) is 1.93. The van der Waals surface area contributed by atoms with Gasteiger partial charge in [-0.05, 0) is 24.2 Å². The molecule has 2 heterocycles. The molecule has 0 radical (unpaired) electrons. The van der Waals surface area contributed by atoms with Gasteiger partial charge in [-0.3, -0.25) is 0 Å². The first-order valence-electron chi connectivity index (χ1n) is 6.52. The van der Waals surface area contributed by atoms with Crippen LogP contribution in [0.1, 0.15) is 33.6 Å². The highest BCUT2D eigenvalue weighted by Crippen LogP contribution is 2.45. The molecule has 17 heavy (non-hydrogen) atoms.